The van der Waals surface area contributed by atoms with Crippen LogP contribution < -0.4 is 5.32 Å². The third-order valence-electron chi connectivity index (χ3n) is 2.22. The first-order chi connectivity index (χ1) is 8.56. The predicted molar refractivity (Wildman–Crippen MR) is 64.2 cm³/mol. The van der Waals surface area contributed by atoms with Crippen molar-refractivity contribution in [2.75, 3.05) is 13.1 Å². The van der Waals surface area contributed by atoms with Gasteiger partial charge in [0, 0.05) is 35.2 Å². The second-order valence-corrected chi connectivity index (χ2v) is 3.47. The molecule has 1 amide bonds. The van der Waals surface area contributed by atoms with E-state index < -0.39 is 4.92 Å². The Balaban J connectivity index is 2.72. The summed E-state index contributed by atoms with van der Waals surface area (Å²) in [6.45, 7) is 1.95. The van der Waals surface area contributed by atoms with E-state index in [2.05, 4.69) is 15.3 Å². The van der Waals surface area contributed by atoms with E-state index in [1.54, 1.807) is 6.92 Å². The first-order valence-corrected chi connectivity index (χ1v) is 5.10. The summed E-state index contributed by atoms with van der Waals surface area (Å²) in [7, 11) is 0. The van der Waals surface area contributed by atoms with E-state index in [0.29, 0.717) is 11.1 Å². The van der Waals surface area contributed by atoms with Gasteiger partial charge in [-0.3, -0.25) is 14.9 Å². The molecule has 0 heterocycles. The minimum atomic E-state index is -0.501. The Morgan fingerprint density at radius 3 is 2.89 bits per heavy atom. The van der Waals surface area contributed by atoms with E-state index >= 15 is 0 Å². The molecule has 0 fully saturated rings. The molecule has 18 heavy (non-hydrogen) atoms. The van der Waals surface area contributed by atoms with Crippen LogP contribution >= 0.6 is 0 Å². The molecule has 0 aliphatic heterocycles. The van der Waals surface area contributed by atoms with Gasteiger partial charge in [-0.1, -0.05) is 5.11 Å². The van der Waals surface area contributed by atoms with Crippen molar-refractivity contribution < 1.29 is 9.72 Å². The smallest absolute Gasteiger partial charge is 0.272 e. The summed E-state index contributed by atoms with van der Waals surface area (Å²) in [5.41, 5.74) is 8.77. The lowest BCUT2D eigenvalue weighted by molar-refractivity contribution is -0.385. The van der Waals surface area contributed by atoms with E-state index in [1.165, 1.54) is 18.2 Å². The summed E-state index contributed by atoms with van der Waals surface area (Å²) in [6.07, 6.45) is 0. The molecule has 1 rings (SSSR count). The van der Waals surface area contributed by atoms with E-state index in [9.17, 15) is 14.9 Å². The van der Waals surface area contributed by atoms with Crippen LogP contribution in [0.15, 0.2) is 23.3 Å². The number of amides is 1. The number of nitrogens with one attached hydrogen (secondary N) is 1. The average Bonchev–Trinajstić information content (AvgIpc) is 2.33. The van der Waals surface area contributed by atoms with Gasteiger partial charge in [0.2, 0.25) is 0 Å². The number of nitro benzene ring substituents is 1. The van der Waals surface area contributed by atoms with Crippen molar-refractivity contribution >= 4 is 11.6 Å². The van der Waals surface area contributed by atoms with E-state index in [4.69, 9.17) is 5.53 Å². The monoisotopic (exact) mass is 249 g/mol. The van der Waals surface area contributed by atoms with Crippen LogP contribution in [0.5, 0.6) is 0 Å². The molecule has 0 aliphatic rings. The molecule has 0 atom stereocenters. The highest BCUT2D eigenvalue weighted by molar-refractivity contribution is 5.94. The van der Waals surface area contributed by atoms with E-state index in [-0.39, 0.29) is 24.7 Å². The van der Waals surface area contributed by atoms with Gasteiger partial charge in [0.25, 0.3) is 11.6 Å². The van der Waals surface area contributed by atoms with Crippen molar-refractivity contribution in [3.63, 3.8) is 0 Å². The van der Waals surface area contributed by atoms with E-state index in [0.717, 1.165) is 0 Å². The van der Waals surface area contributed by atoms with Crippen LogP contribution in [0.1, 0.15) is 15.9 Å². The fraction of sp³-hybridized carbons (Fsp3) is 0.300. The fourth-order valence-electron chi connectivity index (χ4n) is 1.37. The first kappa shape index (κ1) is 13.5. The Labute approximate surface area is 102 Å². The van der Waals surface area contributed by atoms with Crippen molar-refractivity contribution in [1.29, 1.82) is 0 Å². The number of rotatable bonds is 5. The number of hydrogen-bond acceptors (Lipinski definition) is 4. The molecule has 8 heteroatoms. The third kappa shape index (κ3) is 3.46. The number of carbonyl (C=O) groups excluding carboxylic acids is 1. The maximum atomic E-state index is 11.6. The summed E-state index contributed by atoms with van der Waals surface area (Å²) < 4.78 is 0. The Morgan fingerprint density at radius 2 is 2.33 bits per heavy atom. The maximum absolute atomic E-state index is 11.6. The molecule has 0 saturated carbocycles. The predicted octanol–water partition coefficient (Wildman–Crippen LogP) is 1.94. The molecule has 8 nitrogen and oxygen atoms in total. The number of benzene rings is 1. The lowest BCUT2D eigenvalue weighted by atomic mass is 10.1. The lowest BCUT2D eigenvalue weighted by Gasteiger charge is -2.04. The molecule has 1 N–H and O–H groups in total. The van der Waals surface area contributed by atoms with Crippen molar-refractivity contribution in [2.24, 2.45) is 5.11 Å². The van der Waals surface area contributed by atoms with Crippen LogP contribution in [0.3, 0.4) is 0 Å². The summed E-state index contributed by atoms with van der Waals surface area (Å²) in [4.78, 5) is 24.3. The second-order valence-electron chi connectivity index (χ2n) is 3.47. The second kappa shape index (κ2) is 6.21. The highest BCUT2D eigenvalue weighted by Gasteiger charge is 2.13. The molecule has 0 saturated heterocycles. The van der Waals surface area contributed by atoms with Crippen molar-refractivity contribution in [1.82, 2.24) is 5.32 Å². The zero-order valence-electron chi connectivity index (χ0n) is 9.66. The molecule has 1 aromatic rings. The third-order valence-corrected chi connectivity index (χ3v) is 2.22. The normalized spacial score (nSPS) is 9.39. The van der Waals surface area contributed by atoms with Crippen LogP contribution in [0, 0.1) is 17.0 Å². The van der Waals surface area contributed by atoms with Gasteiger partial charge in [0.1, 0.15) is 0 Å². The Hall–Kier alpha value is -2.60. The number of hydrogen-bond donors (Lipinski definition) is 1. The van der Waals surface area contributed by atoms with Gasteiger partial charge in [0.15, 0.2) is 0 Å². The van der Waals surface area contributed by atoms with Crippen molar-refractivity contribution in [3.8, 4) is 0 Å². The highest BCUT2D eigenvalue weighted by Crippen LogP contribution is 2.18. The summed E-state index contributed by atoms with van der Waals surface area (Å²) in [5.74, 6) is -0.360. The SMILES string of the molecule is Cc1cc(C(=O)NCCN=[N+]=[N-])ccc1[N+](=O)[O-]. The lowest BCUT2D eigenvalue weighted by Crippen LogP contribution is -2.25. The largest absolute Gasteiger partial charge is 0.352 e. The zero-order valence-corrected chi connectivity index (χ0v) is 9.66. The first-order valence-electron chi connectivity index (χ1n) is 5.10. The molecule has 0 aliphatic carbocycles. The standard InChI is InChI=1S/C10H11N5O3/c1-7-6-8(2-3-9(7)15(17)18)10(16)12-4-5-13-14-11/h2-3,6H,4-5H2,1H3,(H,12,16). The number of nitro groups is 1. The van der Waals surface area contributed by atoms with Crippen molar-refractivity contribution in [2.45, 2.75) is 6.92 Å². The van der Waals surface area contributed by atoms with Crippen LogP contribution in [-0.2, 0) is 0 Å². The molecule has 0 spiro atoms. The van der Waals surface area contributed by atoms with Gasteiger partial charge in [-0.05, 0) is 24.6 Å². The Kier molecular flexibility index (Phi) is 4.65. The Bertz CT molecular complexity index is 522. The number of aryl methyl sites for hydroxylation is 1. The van der Waals surface area contributed by atoms with E-state index in [1.807, 2.05) is 0 Å². The van der Waals surface area contributed by atoms with Gasteiger partial charge in [-0.25, -0.2) is 0 Å². The molecule has 0 unspecified atom stereocenters. The number of nitrogens with zero attached hydrogens (tertiary/aromatic N) is 4. The number of carbonyl (C=O) groups is 1. The quantitative estimate of drug-likeness (QED) is 0.214. The maximum Gasteiger partial charge on any atom is 0.272 e. The zero-order chi connectivity index (χ0) is 13.5. The molecule has 0 aromatic heterocycles. The van der Waals surface area contributed by atoms with Gasteiger partial charge in [0.05, 0.1) is 4.92 Å². The molecule has 94 valence electrons. The van der Waals surface area contributed by atoms with Crippen LogP contribution in [-0.4, -0.2) is 23.9 Å². The molecule has 0 bridgehead atoms. The van der Waals surface area contributed by atoms with Gasteiger partial charge in [-0.15, -0.1) is 0 Å². The minimum absolute atomic E-state index is 0.0272. The summed E-state index contributed by atoms with van der Waals surface area (Å²) >= 11 is 0. The van der Waals surface area contributed by atoms with Crippen LogP contribution in [0.25, 0.3) is 10.4 Å². The minimum Gasteiger partial charge on any atom is -0.352 e. The summed E-state index contributed by atoms with van der Waals surface area (Å²) in [6, 6.07) is 4.12. The molecule has 0 radical (unpaired) electrons. The summed E-state index contributed by atoms with van der Waals surface area (Å²) in [5, 5.41) is 16.4. The van der Waals surface area contributed by atoms with Crippen molar-refractivity contribution in [3.05, 3.63) is 49.9 Å². The molecule has 1 aromatic carbocycles. The van der Waals surface area contributed by atoms with Gasteiger partial charge in [-0.2, -0.15) is 0 Å². The molecular weight excluding hydrogens is 238 g/mol. The Morgan fingerprint density at radius 1 is 1.61 bits per heavy atom. The average molecular weight is 249 g/mol. The van der Waals surface area contributed by atoms with Crippen LogP contribution in [0.2, 0.25) is 0 Å². The van der Waals surface area contributed by atoms with Crippen LogP contribution in [0.4, 0.5) is 5.69 Å². The number of azide groups is 1. The van der Waals surface area contributed by atoms with Gasteiger partial charge < -0.3 is 5.32 Å². The van der Waals surface area contributed by atoms with Gasteiger partial charge >= 0.3 is 0 Å². The highest BCUT2D eigenvalue weighted by atomic mass is 16.6. The molecular formula is C10H11N5O3. The topological polar surface area (TPSA) is 121 Å². The fourth-order valence-corrected chi connectivity index (χ4v) is 1.37.